The number of nitrogens with one attached hydrogen (secondary N) is 1. The SMILES string of the molecule is Cc1ccccc1CN(Cc1ccc(C(=O)NCc2ccc3c(c2)OCO3)o1)C1CCCCC1. The topological polar surface area (TPSA) is 63.9 Å². The number of carbonyl (C=O) groups excluding carboxylic acids is 1. The third-order valence-electron chi connectivity index (χ3n) is 6.86. The van der Waals surface area contributed by atoms with Gasteiger partial charge in [-0.05, 0) is 60.7 Å². The van der Waals surface area contributed by atoms with E-state index in [-0.39, 0.29) is 12.7 Å². The lowest BCUT2D eigenvalue weighted by molar-refractivity contribution is 0.0913. The van der Waals surface area contributed by atoms with Gasteiger partial charge in [0.1, 0.15) is 5.76 Å². The van der Waals surface area contributed by atoms with Crippen LogP contribution in [0.1, 0.15) is 65.1 Å². The molecule has 1 aliphatic carbocycles. The summed E-state index contributed by atoms with van der Waals surface area (Å²) in [7, 11) is 0. The Morgan fingerprint density at radius 3 is 2.65 bits per heavy atom. The Kier molecular flexibility index (Phi) is 6.86. The van der Waals surface area contributed by atoms with Crippen LogP contribution in [0.5, 0.6) is 11.5 Å². The molecule has 2 aliphatic rings. The van der Waals surface area contributed by atoms with Crippen LogP contribution < -0.4 is 14.8 Å². The van der Waals surface area contributed by atoms with Crippen molar-refractivity contribution in [3.63, 3.8) is 0 Å². The predicted octanol–water partition coefficient (Wildman–Crippen LogP) is 5.58. The zero-order valence-electron chi connectivity index (χ0n) is 19.7. The smallest absolute Gasteiger partial charge is 0.287 e. The molecule has 34 heavy (non-hydrogen) atoms. The molecule has 1 saturated carbocycles. The highest BCUT2D eigenvalue weighted by Gasteiger charge is 2.23. The second kappa shape index (κ2) is 10.3. The number of hydrogen-bond donors (Lipinski definition) is 1. The third kappa shape index (κ3) is 5.28. The van der Waals surface area contributed by atoms with Crippen molar-refractivity contribution in [3.8, 4) is 11.5 Å². The molecule has 1 N–H and O–H groups in total. The summed E-state index contributed by atoms with van der Waals surface area (Å²) in [6, 6.07) is 18.5. The monoisotopic (exact) mass is 460 g/mol. The Hall–Kier alpha value is -3.25. The average molecular weight is 461 g/mol. The molecule has 0 unspecified atom stereocenters. The molecule has 1 aliphatic heterocycles. The van der Waals surface area contributed by atoms with Gasteiger partial charge >= 0.3 is 0 Å². The van der Waals surface area contributed by atoms with E-state index < -0.39 is 0 Å². The van der Waals surface area contributed by atoms with Crippen LogP contribution in [-0.4, -0.2) is 23.6 Å². The van der Waals surface area contributed by atoms with Crippen LogP contribution in [0.4, 0.5) is 0 Å². The lowest BCUT2D eigenvalue weighted by Gasteiger charge is -2.34. The Morgan fingerprint density at radius 1 is 0.971 bits per heavy atom. The van der Waals surface area contributed by atoms with E-state index in [1.54, 1.807) is 6.07 Å². The van der Waals surface area contributed by atoms with Crippen molar-refractivity contribution in [1.82, 2.24) is 10.2 Å². The summed E-state index contributed by atoms with van der Waals surface area (Å²) in [6.45, 7) is 4.40. The molecule has 2 aromatic carbocycles. The van der Waals surface area contributed by atoms with E-state index in [4.69, 9.17) is 13.9 Å². The number of amides is 1. The van der Waals surface area contributed by atoms with E-state index in [1.165, 1.54) is 43.2 Å². The quantitative estimate of drug-likeness (QED) is 0.475. The molecular weight excluding hydrogens is 428 g/mol. The predicted molar refractivity (Wildman–Crippen MR) is 130 cm³/mol. The molecule has 5 rings (SSSR count). The molecule has 178 valence electrons. The van der Waals surface area contributed by atoms with Crippen molar-refractivity contribution in [1.29, 1.82) is 0 Å². The van der Waals surface area contributed by atoms with Gasteiger partial charge < -0.3 is 19.2 Å². The minimum atomic E-state index is -0.216. The van der Waals surface area contributed by atoms with Crippen LogP contribution in [0, 0.1) is 6.92 Å². The van der Waals surface area contributed by atoms with Crippen molar-refractivity contribution in [2.45, 2.75) is 64.7 Å². The first kappa shape index (κ1) is 22.5. The normalized spacial score (nSPS) is 15.6. The first-order valence-corrected chi connectivity index (χ1v) is 12.2. The summed E-state index contributed by atoms with van der Waals surface area (Å²) in [5.41, 5.74) is 3.61. The van der Waals surface area contributed by atoms with E-state index in [1.807, 2.05) is 24.3 Å². The zero-order valence-corrected chi connectivity index (χ0v) is 19.7. The van der Waals surface area contributed by atoms with Crippen molar-refractivity contribution >= 4 is 5.91 Å². The molecule has 0 spiro atoms. The number of fused-ring (bicyclic) bond motifs is 1. The first-order chi connectivity index (χ1) is 16.7. The van der Waals surface area contributed by atoms with E-state index in [2.05, 4.69) is 41.4 Å². The molecule has 1 aromatic heterocycles. The van der Waals surface area contributed by atoms with Crippen molar-refractivity contribution in [3.05, 3.63) is 82.8 Å². The second-order valence-electron chi connectivity index (χ2n) is 9.26. The standard InChI is InChI=1S/C28H32N2O4/c1-20-7-5-6-8-22(20)17-30(23-9-3-2-4-10-23)18-24-12-14-26(34-24)28(31)29-16-21-11-13-25-27(15-21)33-19-32-25/h5-8,11-15,23H,2-4,9-10,16-19H2,1H3,(H,29,31). The number of benzene rings is 2. The van der Waals surface area contributed by atoms with Gasteiger partial charge in [0.15, 0.2) is 17.3 Å². The van der Waals surface area contributed by atoms with Gasteiger partial charge in [-0.25, -0.2) is 0 Å². The number of aryl methyl sites for hydroxylation is 1. The van der Waals surface area contributed by atoms with Crippen LogP contribution in [0.15, 0.2) is 59.0 Å². The highest BCUT2D eigenvalue weighted by Crippen LogP contribution is 2.32. The third-order valence-corrected chi connectivity index (χ3v) is 6.86. The van der Waals surface area contributed by atoms with E-state index in [9.17, 15) is 4.79 Å². The minimum Gasteiger partial charge on any atom is -0.455 e. The summed E-state index contributed by atoms with van der Waals surface area (Å²) in [5, 5.41) is 2.94. The van der Waals surface area contributed by atoms with Crippen LogP contribution >= 0.6 is 0 Å². The number of hydrogen-bond acceptors (Lipinski definition) is 5. The molecule has 0 saturated heterocycles. The molecule has 0 atom stereocenters. The molecule has 2 heterocycles. The van der Waals surface area contributed by atoms with Gasteiger partial charge in [0, 0.05) is 19.1 Å². The Labute approximate surface area is 200 Å². The zero-order chi connectivity index (χ0) is 23.3. The number of carbonyl (C=O) groups is 1. The lowest BCUT2D eigenvalue weighted by Crippen LogP contribution is -2.36. The Bertz CT molecular complexity index is 1130. The number of furan rings is 1. The summed E-state index contributed by atoms with van der Waals surface area (Å²) in [4.78, 5) is 15.2. The molecule has 1 fully saturated rings. The largest absolute Gasteiger partial charge is 0.455 e. The number of rotatable bonds is 8. The van der Waals surface area contributed by atoms with Gasteiger partial charge in [-0.1, -0.05) is 49.6 Å². The maximum atomic E-state index is 12.7. The van der Waals surface area contributed by atoms with Crippen molar-refractivity contribution in [2.75, 3.05) is 6.79 Å². The van der Waals surface area contributed by atoms with E-state index in [0.717, 1.165) is 23.6 Å². The fourth-order valence-electron chi connectivity index (χ4n) is 4.87. The highest BCUT2D eigenvalue weighted by atomic mass is 16.7. The van der Waals surface area contributed by atoms with Crippen LogP contribution in [0.25, 0.3) is 0 Å². The Morgan fingerprint density at radius 2 is 1.79 bits per heavy atom. The van der Waals surface area contributed by atoms with Gasteiger partial charge in [-0.15, -0.1) is 0 Å². The van der Waals surface area contributed by atoms with Gasteiger partial charge in [0.05, 0.1) is 6.54 Å². The lowest BCUT2D eigenvalue weighted by atomic mass is 9.93. The van der Waals surface area contributed by atoms with Gasteiger partial charge in [-0.2, -0.15) is 0 Å². The summed E-state index contributed by atoms with van der Waals surface area (Å²) < 4.78 is 16.8. The molecule has 0 bridgehead atoms. The molecule has 3 aromatic rings. The van der Waals surface area contributed by atoms with E-state index in [0.29, 0.717) is 30.6 Å². The van der Waals surface area contributed by atoms with Crippen LogP contribution in [0.3, 0.4) is 0 Å². The van der Waals surface area contributed by atoms with Crippen molar-refractivity contribution < 1.29 is 18.7 Å². The van der Waals surface area contributed by atoms with Gasteiger partial charge in [-0.3, -0.25) is 9.69 Å². The molecular formula is C28H32N2O4. The number of nitrogens with zero attached hydrogens (tertiary/aromatic N) is 1. The van der Waals surface area contributed by atoms with Crippen LogP contribution in [-0.2, 0) is 19.6 Å². The molecule has 1 amide bonds. The highest BCUT2D eigenvalue weighted by molar-refractivity contribution is 5.91. The second-order valence-corrected chi connectivity index (χ2v) is 9.26. The summed E-state index contributed by atoms with van der Waals surface area (Å²) in [6.07, 6.45) is 6.31. The number of ether oxygens (including phenoxy) is 2. The molecule has 0 radical (unpaired) electrons. The van der Waals surface area contributed by atoms with Gasteiger partial charge in [0.25, 0.3) is 5.91 Å². The fourth-order valence-corrected chi connectivity index (χ4v) is 4.87. The molecule has 6 heteroatoms. The van der Waals surface area contributed by atoms with Gasteiger partial charge in [0.2, 0.25) is 6.79 Å². The average Bonchev–Trinajstić information content (AvgIpc) is 3.53. The summed E-state index contributed by atoms with van der Waals surface area (Å²) >= 11 is 0. The first-order valence-electron chi connectivity index (χ1n) is 12.2. The minimum absolute atomic E-state index is 0.216. The fraction of sp³-hybridized carbons (Fsp3) is 0.393. The van der Waals surface area contributed by atoms with Crippen LogP contribution in [0.2, 0.25) is 0 Å². The Balaban J connectivity index is 1.23. The maximum Gasteiger partial charge on any atom is 0.287 e. The van der Waals surface area contributed by atoms with Crippen molar-refractivity contribution in [2.24, 2.45) is 0 Å². The summed E-state index contributed by atoms with van der Waals surface area (Å²) in [5.74, 6) is 2.40. The molecule has 6 nitrogen and oxygen atoms in total. The maximum absolute atomic E-state index is 12.7. The van der Waals surface area contributed by atoms with E-state index >= 15 is 0 Å².